The lowest BCUT2D eigenvalue weighted by Gasteiger charge is -2.25. The molecule has 1 amide bonds. The number of piperidine rings is 1. The maximum absolute atomic E-state index is 12.6. The number of hydrogen-bond donors (Lipinski definition) is 1. The molecule has 1 saturated heterocycles. The lowest BCUT2D eigenvalue weighted by molar-refractivity contribution is -0.380. The Morgan fingerprint density at radius 3 is 2.42 bits per heavy atom. The Balaban J connectivity index is 1.72. The van der Waals surface area contributed by atoms with Gasteiger partial charge in [0.2, 0.25) is 10.0 Å². The number of nitrogens with zero attached hydrogens (tertiary/aromatic N) is 3. The van der Waals surface area contributed by atoms with Crippen molar-refractivity contribution >= 4 is 37.4 Å². The number of benzene rings is 1. The van der Waals surface area contributed by atoms with E-state index in [1.165, 1.54) is 28.6 Å². The average Bonchev–Trinajstić information content (AvgIpc) is 3.11. The molecule has 26 heavy (non-hydrogen) atoms. The third kappa shape index (κ3) is 3.89. The molecule has 1 aromatic carbocycles. The second-order valence-electron chi connectivity index (χ2n) is 5.70. The Bertz CT molecular complexity index is 918. The molecule has 1 fully saturated rings. The summed E-state index contributed by atoms with van der Waals surface area (Å²) < 4.78 is 26.6. The van der Waals surface area contributed by atoms with Crippen LogP contribution in [0.5, 0.6) is 0 Å². The van der Waals surface area contributed by atoms with Gasteiger partial charge in [-0.15, -0.1) is 0 Å². The van der Waals surface area contributed by atoms with E-state index in [1.807, 2.05) is 0 Å². The van der Waals surface area contributed by atoms with Crippen molar-refractivity contribution in [1.82, 2.24) is 9.29 Å². The fourth-order valence-electron chi connectivity index (χ4n) is 2.61. The van der Waals surface area contributed by atoms with Crippen LogP contribution < -0.4 is 5.32 Å². The molecule has 0 bridgehead atoms. The number of aromatic nitrogens is 1. The second kappa shape index (κ2) is 7.48. The van der Waals surface area contributed by atoms with Crippen molar-refractivity contribution < 1.29 is 18.1 Å². The molecule has 1 aliphatic rings. The largest absolute Gasteiger partial charge is 0.345 e. The Morgan fingerprint density at radius 1 is 1.19 bits per heavy atom. The SMILES string of the molecule is O=C(Nc1ncc([N+](=O)[O-])s1)c1ccc(S(=O)(=O)N2CCCCC2)cc1. The molecule has 0 unspecified atom stereocenters. The molecule has 2 heterocycles. The van der Waals surface area contributed by atoms with Gasteiger partial charge in [-0.05, 0) is 48.4 Å². The van der Waals surface area contributed by atoms with Crippen molar-refractivity contribution in [2.75, 3.05) is 18.4 Å². The normalized spacial score (nSPS) is 15.5. The predicted molar refractivity (Wildman–Crippen MR) is 95.8 cm³/mol. The topological polar surface area (TPSA) is 123 Å². The van der Waals surface area contributed by atoms with Crippen molar-refractivity contribution in [3.05, 3.63) is 46.1 Å². The molecule has 0 aliphatic carbocycles. The minimum absolute atomic E-state index is 0.103. The number of hydrogen-bond acceptors (Lipinski definition) is 7. The van der Waals surface area contributed by atoms with E-state index in [2.05, 4.69) is 10.3 Å². The van der Waals surface area contributed by atoms with Crippen molar-refractivity contribution in [2.45, 2.75) is 24.2 Å². The molecule has 0 spiro atoms. The lowest BCUT2D eigenvalue weighted by Crippen LogP contribution is -2.35. The van der Waals surface area contributed by atoms with Crippen LogP contribution in [0, 0.1) is 10.1 Å². The highest BCUT2D eigenvalue weighted by molar-refractivity contribution is 7.89. The standard InChI is InChI=1S/C15H16N4O5S2/c20-14(17-15-16-10-13(25-15)19(21)22)11-4-6-12(7-5-11)26(23,24)18-8-2-1-3-9-18/h4-7,10H,1-3,8-9H2,(H,16,17,20). The number of rotatable bonds is 5. The maximum Gasteiger partial charge on any atom is 0.345 e. The van der Waals surface area contributed by atoms with E-state index in [-0.39, 0.29) is 20.6 Å². The van der Waals surface area contributed by atoms with Crippen molar-refractivity contribution in [1.29, 1.82) is 0 Å². The van der Waals surface area contributed by atoms with Crippen LogP contribution in [0.15, 0.2) is 35.4 Å². The van der Waals surface area contributed by atoms with Gasteiger partial charge < -0.3 is 0 Å². The van der Waals surface area contributed by atoms with Gasteiger partial charge in [-0.1, -0.05) is 6.42 Å². The Labute approximate surface area is 153 Å². The molecular formula is C15H16N4O5S2. The van der Waals surface area contributed by atoms with Gasteiger partial charge in [-0.2, -0.15) is 4.31 Å². The van der Waals surface area contributed by atoms with Crippen LogP contribution >= 0.6 is 11.3 Å². The van der Waals surface area contributed by atoms with E-state index < -0.39 is 20.9 Å². The first-order valence-electron chi connectivity index (χ1n) is 7.90. The van der Waals surface area contributed by atoms with E-state index in [0.29, 0.717) is 13.1 Å². The summed E-state index contributed by atoms with van der Waals surface area (Å²) in [5.41, 5.74) is 0.237. The number of sulfonamides is 1. The number of nitro groups is 1. The van der Waals surface area contributed by atoms with Gasteiger partial charge in [0.15, 0.2) is 5.13 Å². The van der Waals surface area contributed by atoms with Crippen LogP contribution in [0.3, 0.4) is 0 Å². The minimum atomic E-state index is -3.55. The molecule has 1 aromatic heterocycles. The summed E-state index contributed by atoms with van der Waals surface area (Å²) in [6.45, 7) is 1.01. The van der Waals surface area contributed by atoms with Gasteiger partial charge in [0.25, 0.3) is 5.91 Å². The Morgan fingerprint density at radius 2 is 1.85 bits per heavy atom. The molecule has 1 aliphatic heterocycles. The predicted octanol–water partition coefficient (Wildman–Crippen LogP) is 2.48. The number of carbonyl (C=O) groups is 1. The van der Waals surface area contributed by atoms with Crippen LogP contribution in [-0.2, 0) is 10.0 Å². The summed E-state index contributed by atoms with van der Waals surface area (Å²) in [6.07, 6.45) is 3.79. The first kappa shape index (κ1) is 18.4. The van der Waals surface area contributed by atoms with Gasteiger partial charge >= 0.3 is 5.00 Å². The van der Waals surface area contributed by atoms with E-state index in [9.17, 15) is 23.3 Å². The fraction of sp³-hybridized carbons (Fsp3) is 0.333. The highest BCUT2D eigenvalue weighted by Crippen LogP contribution is 2.26. The van der Waals surface area contributed by atoms with E-state index in [4.69, 9.17) is 0 Å². The lowest BCUT2D eigenvalue weighted by atomic mass is 10.2. The minimum Gasteiger partial charge on any atom is -0.298 e. The van der Waals surface area contributed by atoms with Crippen molar-refractivity contribution in [3.8, 4) is 0 Å². The van der Waals surface area contributed by atoms with E-state index in [0.717, 1.165) is 36.8 Å². The molecule has 1 N–H and O–H groups in total. The third-order valence-electron chi connectivity index (χ3n) is 3.96. The van der Waals surface area contributed by atoms with E-state index >= 15 is 0 Å². The van der Waals surface area contributed by atoms with Gasteiger partial charge in [-0.25, -0.2) is 13.4 Å². The highest BCUT2D eigenvalue weighted by atomic mass is 32.2. The quantitative estimate of drug-likeness (QED) is 0.612. The maximum atomic E-state index is 12.6. The molecule has 138 valence electrons. The highest BCUT2D eigenvalue weighted by Gasteiger charge is 2.26. The van der Waals surface area contributed by atoms with Gasteiger partial charge in [-0.3, -0.25) is 20.2 Å². The summed E-state index contributed by atoms with van der Waals surface area (Å²) in [5, 5.41) is 13.0. The average molecular weight is 396 g/mol. The third-order valence-corrected chi connectivity index (χ3v) is 6.74. The zero-order valence-corrected chi connectivity index (χ0v) is 15.3. The van der Waals surface area contributed by atoms with Crippen LogP contribution in [-0.4, -0.2) is 41.6 Å². The number of anilines is 1. The van der Waals surface area contributed by atoms with Crippen molar-refractivity contribution in [2.24, 2.45) is 0 Å². The fourth-order valence-corrected chi connectivity index (χ4v) is 4.75. The molecular weight excluding hydrogens is 380 g/mol. The van der Waals surface area contributed by atoms with Crippen LogP contribution in [0.25, 0.3) is 0 Å². The summed E-state index contributed by atoms with van der Waals surface area (Å²) in [6, 6.07) is 5.61. The van der Waals surface area contributed by atoms with Crippen LogP contribution in [0.2, 0.25) is 0 Å². The molecule has 0 radical (unpaired) electrons. The second-order valence-corrected chi connectivity index (χ2v) is 8.65. The summed E-state index contributed by atoms with van der Waals surface area (Å²) in [4.78, 5) is 26.1. The smallest absolute Gasteiger partial charge is 0.298 e. The number of nitrogens with one attached hydrogen (secondary N) is 1. The first-order chi connectivity index (χ1) is 12.4. The van der Waals surface area contributed by atoms with Crippen LogP contribution in [0.4, 0.5) is 10.1 Å². The summed E-state index contributed by atoms with van der Waals surface area (Å²) in [5.74, 6) is -0.517. The molecule has 11 heteroatoms. The Kier molecular flexibility index (Phi) is 5.30. The van der Waals surface area contributed by atoms with E-state index in [1.54, 1.807) is 0 Å². The van der Waals surface area contributed by atoms with Gasteiger partial charge in [0, 0.05) is 18.7 Å². The molecule has 0 atom stereocenters. The van der Waals surface area contributed by atoms with Gasteiger partial charge in [0.05, 0.1) is 9.82 Å². The molecule has 9 nitrogen and oxygen atoms in total. The zero-order valence-electron chi connectivity index (χ0n) is 13.6. The number of thiazole rings is 1. The molecule has 2 aromatic rings. The summed E-state index contributed by atoms with van der Waals surface area (Å²) >= 11 is 0.745. The monoisotopic (exact) mass is 396 g/mol. The Hall–Kier alpha value is -2.37. The van der Waals surface area contributed by atoms with Gasteiger partial charge in [0.1, 0.15) is 6.20 Å². The molecule has 3 rings (SSSR count). The number of carbonyl (C=O) groups excluding carboxylic acids is 1. The number of amides is 1. The summed E-state index contributed by atoms with van der Waals surface area (Å²) in [7, 11) is -3.55. The molecule has 0 saturated carbocycles. The zero-order chi connectivity index (χ0) is 18.7. The van der Waals surface area contributed by atoms with Crippen molar-refractivity contribution in [3.63, 3.8) is 0 Å². The first-order valence-corrected chi connectivity index (χ1v) is 10.2. The van der Waals surface area contributed by atoms with Crippen LogP contribution in [0.1, 0.15) is 29.6 Å².